The van der Waals surface area contributed by atoms with Crippen LogP contribution >= 0.6 is 23.2 Å². The standard InChI is InChI=1S/C24H26Cl2FNO2/c25-22-13-20(30-15-16-4-2-1-3-5-16)14-23(26)21(22)12-17-10-11-28(24(17)29)19-8-6-18(27)7-9-19/h1-5,13-14,17-19H,6-12,15H2/t17-,18-,19+/m0/s1. The highest BCUT2D eigenvalue weighted by molar-refractivity contribution is 6.36. The van der Waals surface area contributed by atoms with Crippen LogP contribution in [-0.4, -0.2) is 29.6 Å². The number of amides is 1. The molecule has 30 heavy (non-hydrogen) atoms. The maximum absolute atomic E-state index is 13.4. The van der Waals surface area contributed by atoms with Crippen molar-refractivity contribution in [3.63, 3.8) is 0 Å². The largest absolute Gasteiger partial charge is 0.489 e. The van der Waals surface area contributed by atoms with Gasteiger partial charge in [-0.1, -0.05) is 53.5 Å². The third kappa shape index (κ3) is 4.92. The van der Waals surface area contributed by atoms with Gasteiger partial charge in [-0.15, -0.1) is 0 Å². The van der Waals surface area contributed by atoms with E-state index in [4.69, 9.17) is 27.9 Å². The lowest BCUT2D eigenvalue weighted by atomic mass is 9.92. The Morgan fingerprint density at radius 2 is 1.67 bits per heavy atom. The molecule has 1 amide bonds. The van der Waals surface area contributed by atoms with Crippen LogP contribution in [-0.2, 0) is 17.8 Å². The van der Waals surface area contributed by atoms with Crippen molar-refractivity contribution >= 4 is 29.1 Å². The van der Waals surface area contributed by atoms with E-state index in [2.05, 4.69) is 0 Å². The molecular weight excluding hydrogens is 424 g/mol. The van der Waals surface area contributed by atoms with Gasteiger partial charge in [-0.3, -0.25) is 4.79 Å². The number of likely N-dealkylation sites (tertiary alicyclic amines) is 1. The van der Waals surface area contributed by atoms with Crippen molar-refractivity contribution in [1.29, 1.82) is 0 Å². The zero-order chi connectivity index (χ0) is 21.1. The SMILES string of the molecule is O=C1[C@H](Cc2c(Cl)cc(OCc3ccccc3)cc2Cl)CCN1[C@H]1CC[C@@H](F)CC1. The number of alkyl halides is 1. The molecule has 1 aliphatic heterocycles. The van der Waals surface area contributed by atoms with E-state index < -0.39 is 6.17 Å². The Bertz CT molecular complexity index is 861. The van der Waals surface area contributed by atoms with E-state index in [0.29, 0.717) is 41.7 Å². The minimum Gasteiger partial charge on any atom is -0.489 e. The van der Waals surface area contributed by atoms with Gasteiger partial charge in [-0.25, -0.2) is 4.39 Å². The molecule has 2 aromatic carbocycles. The molecule has 0 N–H and O–H groups in total. The Balaban J connectivity index is 1.39. The average molecular weight is 450 g/mol. The maximum Gasteiger partial charge on any atom is 0.226 e. The molecule has 2 fully saturated rings. The summed E-state index contributed by atoms with van der Waals surface area (Å²) in [6, 6.07) is 13.6. The Morgan fingerprint density at radius 1 is 1.00 bits per heavy atom. The van der Waals surface area contributed by atoms with Gasteiger partial charge in [0.1, 0.15) is 18.5 Å². The number of nitrogens with zero attached hydrogens (tertiary/aromatic N) is 1. The smallest absolute Gasteiger partial charge is 0.226 e. The second kappa shape index (κ2) is 9.57. The highest BCUT2D eigenvalue weighted by Crippen LogP contribution is 2.36. The van der Waals surface area contributed by atoms with Crippen LogP contribution in [0.3, 0.4) is 0 Å². The first kappa shape index (κ1) is 21.5. The highest BCUT2D eigenvalue weighted by Gasteiger charge is 2.37. The average Bonchev–Trinajstić information content (AvgIpc) is 3.11. The fourth-order valence-electron chi connectivity index (χ4n) is 4.51. The fraction of sp³-hybridized carbons (Fsp3) is 0.458. The molecule has 1 aliphatic carbocycles. The van der Waals surface area contributed by atoms with Crippen LogP contribution in [0.25, 0.3) is 0 Å². The van der Waals surface area contributed by atoms with Gasteiger partial charge in [0.25, 0.3) is 0 Å². The third-order valence-electron chi connectivity index (χ3n) is 6.23. The molecule has 4 rings (SSSR count). The predicted molar refractivity (Wildman–Crippen MR) is 118 cm³/mol. The first-order valence-electron chi connectivity index (χ1n) is 10.6. The quantitative estimate of drug-likeness (QED) is 0.521. The lowest BCUT2D eigenvalue weighted by molar-refractivity contribution is -0.133. The van der Waals surface area contributed by atoms with Crippen LogP contribution in [0.15, 0.2) is 42.5 Å². The summed E-state index contributed by atoms with van der Waals surface area (Å²) in [6.07, 6.45) is 3.22. The van der Waals surface area contributed by atoms with Gasteiger partial charge in [-0.2, -0.15) is 0 Å². The molecule has 1 atom stereocenters. The van der Waals surface area contributed by atoms with Gasteiger partial charge in [-0.05, 0) is 61.8 Å². The number of benzene rings is 2. The van der Waals surface area contributed by atoms with Crippen molar-refractivity contribution in [3.8, 4) is 5.75 Å². The van der Waals surface area contributed by atoms with Crippen LogP contribution in [0.1, 0.15) is 43.2 Å². The first-order valence-corrected chi connectivity index (χ1v) is 11.4. The zero-order valence-electron chi connectivity index (χ0n) is 16.8. The first-order chi connectivity index (χ1) is 14.5. The summed E-state index contributed by atoms with van der Waals surface area (Å²) in [5.41, 5.74) is 1.85. The fourth-order valence-corrected chi connectivity index (χ4v) is 5.13. The summed E-state index contributed by atoms with van der Waals surface area (Å²) in [4.78, 5) is 14.9. The summed E-state index contributed by atoms with van der Waals surface area (Å²) in [6.45, 7) is 1.17. The normalized spacial score (nSPS) is 24.3. The van der Waals surface area contributed by atoms with Crippen LogP contribution in [0.4, 0.5) is 4.39 Å². The highest BCUT2D eigenvalue weighted by atomic mass is 35.5. The van der Waals surface area contributed by atoms with Crippen LogP contribution in [0, 0.1) is 5.92 Å². The third-order valence-corrected chi connectivity index (χ3v) is 6.91. The van der Waals surface area contributed by atoms with E-state index in [-0.39, 0.29) is 17.9 Å². The lowest BCUT2D eigenvalue weighted by Crippen LogP contribution is -2.40. The van der Waals surface area contributed by atoms with Crippen molar-refractivity contribution in [2.75, 3.05) is 6.54 Å². The monoisotopic (exact) mass is 449 g/mol. The summed E-state index contributed by atoms with van der Waals surface area (Å²) in [7, 11) is 0. The molecule has 6 heteroatoms. The number of ether oxygens (including phenoxy) is 1. The second-order valence-corrected chi connectivity index (χ2v) is 9.08. The maximum atomic E-state index is 13.4. The van der Waals surface area contributed by atoms with Gasteiger partial charge in [0.15, 0.2) is 0 Å². The van der Waals surface area contributed by atoms with E-state index in [1.54, 1.807) is 12.1 Å². The van der Waals surface area contributed by atoms with Crippen molar-refractivity contribution < 1.29 is 13.9 Å². The van der Waals surface area contributed by atoms with Gasteiger partial charge in [0.2, 0.25) is 5.91 Å². The molecule has 0 radical (unpaired) electrons. The molecule has 0 spiro atoms. The van der Waals surface area contributed by atoms with Gasteiger partial charge in [0, 0.05) is 28.5 Å². The molecule has 3 nitrogen and oxygen atoms in total. The summed E-state index contributed by atoms with van der Waals surface area (Å²) >= 11 is 13.0. The van der Waals surface area contributed by atoms with E-state index in [9.17, 15) is 9.18 Å². The molecule has 1 saturated carbocycles. The summed E-state index contributed by atoms with van der Waals surface area (Å²) in [5.74, 6) is 0.632. The predicted octanol–water partition coefficient (Wildman–Crippen LogP) is 6.24. The minimum atomic E-state index is -0.713. The number of carbonyl (C=O) groups is 1. The van der Waals surface area contributed by atoms with E-state index in [1.165, 1.54) is 0 Å². The van der Waals surface area contributed by atoms with Crippen molar-refractivity contribution in [2.24, 2.45) is 5.92 Å². The number of halogens is 3. The van der Waals surface area contributed by atoms with Gasteiger partial charge in [0.05, 0.1) is 0 Å². The molecule has 2 aliphatic rings. The number of hydrogen-bond donors (Lipinski definition) is 0. The van der Waals surface area contributed by atoms with E-state index in [1.807, 2.05) is 35.2 Å². The Hall–Kier alpha value is -1.78. The van der Waals surface area contributed by atoms with Crippen molar-refractivity contribution in [3.05, 3.63) is 63.6 Å². The Labute approximate surface area is 187 Å². The Morgan fingerprint density at radius 3 is 2.33 bits per heavy atom. The van der Waals surface area contributed by atoms with Crippen LogP contribution in [0.2, 0.25) is 10.0 Å². The van der Waals surface area contributed by atoms with Crippen LogP contribution < -0.4 is 4.74 Å². The molecular formula is C24H26Cl2FNO2. The zero-order valence-corrected chi connectivity index (χ0v) is 18.3. The molecule has 0 aromatic heterocycles. The van der Waals surface area contributed by atoms with E-state index in [0.717, 1.165) is 36.9 Å². The minimum absolute atomic E-state index is 0.126. The number of carbonyl (C=O) groups excluding carboxylic acids is 1. The van der Waals surface area contributed by atoms with Gasteiger partial charge < -0.3 is 9.64 Å². The summed E-state index contributed by atoms with van der Waals surface area (Å²) in [5, 5.41) is 1.05. The molecule has 2 aromatic rings. The second-order valence-electron chi connectivity index (χ2n) is 8.27. The van der Waals surface area contributed by atoms with E-state index >= 15 is 0 Å². The molecule has 1 saturated heterocycles. The molecule has 160 valence electrons. The van der Waals surface area contributed by atoms with Crippen molar-refractivity contribution in [1.82, 2.24) is 4.90 Å². The summed E-state index contributed by atoms with van der Waals surface area (Å²) < 4.78 is 19.3. The van der Waals surface area contributed by atoms with Crippen LogP contribution in [0.5, 0.6) is 5.75 Å². The Kier molecular flexibility index (Phi) is 6.84. The molecule has 0 unspecified atom stereocenters. The number of hydrogen-bond acceptors (Lipinski definition) is 2. The lowest BCUT2D eigenvalue weighted by Gasteiger charge is -2.32. The molecule has 1 heterocycles. The topological polar surface area (TPSA) is 29.5 Å². The van der Waals surface area contributed by atoms with Crippen molar-refractivity contribution in [2.45, 2.75) is 57.3 Å². The number of rotatable bonds is 6. The molecule has 0 bridgehead atoms. The van der Waals surface area contributed by atoms with Gasteiger partial charge >= 0.3 is 0 Å².